The summed E-state index contributed by atoms with van der Waals surface area (Å²) in [5.41, 5.74) is 0.744. The molecule has 2 aliphatic rings. The zero-order valence-electron chi connectivity index (χ0n) is 8.98. The zero-order valence-corrected chi connectivity index (χ0v) is 8.98. The van der Waals surface area contributed by atoms with Crippen LogP contribution < -0.4 is 11.2 Å². The first-order chi connectivity index (χ1) is 8.13. The van der Waals surface area contributed by atoms with Gasteiger partial charge in [0.2, 0.25) is 5.89 Å². The summed E-state index contributed by atoms with van der Waals surface area (Å²) < 4.78 is 5.46. The third-order valence-electron chi connectivity index (χ3n) is 2.57. The molecule has 1 aromatic carbocycles. The monoisotopic (exact) mass is 228 g/mol. The molecule has 0 saturated heterocycles. The molecule has 2 aliphatic heterocycles. The molecule has 17 heavy (non-hydrogen) atoms. The molecule has 5 heteroatoms. The molecule has 0 aromatic heterocycles. The van der Waals surface area contributed by atoms with E-state index in [-0.39, 0.29) is 11.5 Å². The molecule has 0 aliphatic carbocycles. The van der Waals surface area contributed by atoms with Crippen molar-refractivity contribution in [2.24, 2.45) is 0 Å². The van der Waals surface area contributed by atoms with Gasteiger partial charge in [0.05, 0.1) is 0 Å². The SMILES string of the molecule is Cc1ccc2cc3c(=O)[nH]c(=O)nc-3oc2c1. The van der Waals surface area contributed by atoms with E-state index in [0.29, 0.717) is 5.58 Å². The number of rotatable bonds is 0. The minimum Gasteiger partial charge on any atom is -0.437 e. The molecule has 84 valence electrons. The molecule has 2 heterocycles. The van der Waals surface area contributed by atoms with E-state index in [1.54, 1.807) is 6.07 Å². The van der Waals surface area contributed by atoms with Crippen LogP contribution in [0.15, 0.2) is 38.3 Å². The summed E-state index contributed by atoms with van der Waals surface area (Å²) in [7, 11) is 0. The Morgan fingerprint density at radius 3 is 2.88 bits per heavy atom. The predicted octanol–water partition coefficient (Wildman–Crippen LogP) is 1.29. The molecule has 0 bridgehead atoms. The van der Waals surface area contributed by atoms with E-state index in [0.717, 1.165) is 10.9 Å². The maximum Gasteiger partial charge on any atom is 0.351 e. The summed E-state index contributed by atoms with van der Waals surface area (Å²) >= 11 is 0. The normalized spacial score (nSPS) is 11.1. The number of hydrogen-bond donors (Lipinski definition) is 1. The average Bonchev–Trinajstić information content (AvgIpc) is 2.26. The highest BCUT2D eigenvalue weighted by Gasteiger charge is 2.13. The van der Waals surface area contributed by atoms with Crippen LogP contribution in [0.5, 0.6) is 0 Å². The van der Waals surface area contributed by atoms with Gasteiger partial charge in [-0.1, -0.05) is 12.1 Å². The molecular weight excluding hydrogens is 220 g/mol. The number of aromatic amines is 1. The largest absolute Gasteiger partial charge is 0.437 e. The van der Waals surface area contributed by atoms with Crippen LogP contribution in [0.25, 0.3) is 22.4 Å². The summed E-state index contributed by atoms with van der Waals surface area (Å²) in [5, 5.41) is 0.800. The fourth-order valence-corrected chi connectivity index (χ4v) is 1.76. The van der Waals surface area contributed by atoms with Crippen molar-refractivity contribution in [3.05, 3.63) is 50.7 Å². The van der Waals surface area contributed by atoms with Crippen LogP contribution in [0.3, 0.4) is 0 Å². The van der Waals surface area contributed by atoms with Gasteiger partial charge in [0, 0.05) is 5.39 Å². The topological polar surface area (TPSA) is 76.0 Å². The highest BCUT2D eigenvalue weighted by atomic mass is 16.3. The number of nitrogens with zero attached hydrogens (tertiary/aromatic N) is 1. The van der Waals surface area contributed by atoms with Crippen LogP contribution in [0, 0.1) is 6.92 Å². The number of aryl methyl sites for hydroxylation is 1. The van der Waals surface area contributed by atoms with E-state index in [9.17, 15) is 9.59 Å². The van der Waals surface area contributed by atoms with Gasteiger partial charge in [-0.3, -0.25) is 9.78 Å². The first-order valence-corrected chi connectivity index (χ1v) is 5.08. The van der Waals surface area contributed by atoms with Crippen LogP contribution in [-0.2, 0) is 0 Å². The van der Waals surface area contributed by atoms with Crippen molar-refractivity contribution in [2.75, 3.05) is 0 Å². The average molecular weight is 228 g/mol. The van der Waals surface area contributed by atoms with Crippen LogP contribution in [0.4, 0.5) is 0 Å². The smallest absolute Gasteiger partial charge is 0.351 e. The van der Waals surface area contributed by atoms with Crippen molar-refractivity contribution in [2.45, 2.75) is 6.92 Å². The van der Waals surface area contributed by atoms with Crippen LogP contribution in [0.2, 0.25) is 0 Å². The Bertz CT molecular complexity index is 801. The van der Waals surface area contributed by atoms with Crippen molar-refractivity contribution in [1.82, 2.24) is 9.97 Å². The first-order valence-electron chi connectivity index (χ1n) is 5.08. The van der Waals surface area contributed by atoms with E-state index < -0.39 is 11.2 Å². The molecule has 0 unspecified atom stereocenters. The number of benzene rings is 1. The second kappa shape index (κ2) is 3.28. The maximum absolute atomic E-state index is 11.6. The van der Waals surface area contributed by atoms with Gasteiger partial charge in [0.25, 0.3) is 5.56 Å². The summed E-state index contributed by atoms with van der Waals surface area (Å²) in [6.07, 6.45) is 0. The molecule has 0 amide bonds. The van der Waals surface area contributed by atoms with Crippen molar-refractivity contribution < 1.29 is 4.42 Å². The number of hydrogen-bond acceptors (Lipinski definition) is 4. The van der Waals surface area contributed by atoms with E-state index in [4.69, 9.17) is 4.42 Å². The second-order valence-corrected chi connectivity index (χ2v) is 3.88. The quantitative estimate of drug-likeness (QED) is 0.588. The lowest BCUT2D eigenvalue weighted by Crippen LogP contribution is -2.24. The fourth-order valence-electron chi connectivity index (χ4n) is 1.76. The van der Waals surface area contributed by atoms with E-state index in [1.807, 2.05) is 25.1 Å². The Hall–Kier alpha value is -2.43. The third kappa shape index (κ3) is 1.52. The molecule has 1 aromatic rings. The number of H-pyrrole nitrogens is 1. The van der Waals surface area contributed by atoms with Gasteiger partial charge in [-0.2, -0.15) is 4.98 Å². The molecule has 3 rings (SSSR count). The van der Waals surface area contributed by atoms with Crippen molar-refractivity contribution in [3.8, 4) is 11.5 Å². The lowest BCUT2D eigenvalue weighted by molar-refractivity contribution is 0.591. The van der Waals surface area contributed by atoms with Crippen LogP contribution >= 0.6 is 0 Å². The third-order valence-corrected chi connectivity index (χ3v) is 2.57. The molecule has 0 saturated carbocycles. The summed E-state index contributed by atoms with van der Waals surface area (Å²) in [4.78, 5) is 28.4. The number of nitrogens with one attached hydrogen (secondary N) is 1. The minimum absolute atomic E-state index is 0.0665. The highest BCUT2D eigenvalue weighted by Crippen LogP contribution is 2.23. The van der Waals surface area contributed by atoms with Crippen LogP contribution in [-0.4, -0.2) is 9.97 Å². The van der Waals surface area contributed by atoms with Crippen molar-refractivity contribution in [3.63, 3.8) is 0 Å². The van der Waals surface area contributed by atoms with E-state index in [1.165, 1.54) is 0 Å². The second-order valence-electron chi connectivity index (χ2n) is 3.88. The summed E-state index contributed by atoms with van der Waals surface area (Å²) in [6, 6.07) is 7.28. The Balaban J connectivity index is 2.53. The Labute approximate surface area is 95.1 Å². The van der Waals surface area contributed by atoms with Crippen molar-refractivity contribution in [1.29, 1.82) is 0 Å². The van der Waals surface area contributed by atoms with Gasteiger partial charge in [0.1, 0.15) is 11.1 Å². The van der Waals surface area contributed by atoms with Gasteiger partial charge >= 0.3 is 5.69 Å². The zero-order chi connectivity index (χ0) is 12.0. The standard InChI is InChI=1S/C12H8N2O3/c1-6-2-3-7-5-8-10(15)13-12(16)14-11(8)17-9(7)4-6/h2-5H,1H3,(H,13,15,16). The Morgan fingerprint density at radius 1 is 1.24 bits per heavy atom. The van der Waals surface area contributed by atoms with Gasteiger partial charge in [0.15, 0.2) is 0 Å². The van der Waals surface area contributed by atoms with E-state index in [2.05, 4.69) is 9.97 Å². The molecule has 5 nitrogen and oxygen atoms in total. The molecule has 1 N–H and O–H groups in total. The van der Waals surface area contributed by atoms with Crippen LogP contribution in [0.1, 0.15) is 5.56 Å². The maximum atomic E-state index is 11.6. The number of fused-ring (bicyclic) bond motifs is 2. The molecule has 0 radical (unpaired) electrons. The van der Waals surface area contributed by atoms with Crippen molar-refractivity contribution >= 4 is 11.0 Å². The molecule has 0 spiro atoms. The summed E-state index contributed by atoms with van der Waals surface area (Å²) in [5.74, 6) is 0.0665. The molecule has 0 fully saturated rings. The predicted molar refractivity (Wildman–Crippen MR) is 62.3 cm³/mol. The summed E-state index contributed by atoms with van der Waals surface area (Å²) in [6.45, 7) is 1.93. The molecule has 0 atom stereocenters. The number of aromatic nitrogens is 2. The van der Waals surface area contributed by atoms with Gasteiger partial charge in [-0.15, -0.1) is 0 Å². The van der Waals surface area contributed by atoms with Gasteiger partial charge < -0.3 is 4.42 Å². The Morgan fingerprint density at radius 2 is 2.06 bits per heavy atom. The lowest BCUT2D eigenvalue weighted by atomic mass is 10.1. The van der Waals surface area contributed by atoms with Gasteiger partial charge in [-0.05, 0) is 24.6 Å². The Kier molecular flexibility index (Phi) is 1.89. The first kappa shape index (κ1) is 9.77. The molecular formula is C12H8N2O3. The lowest BCUT2D eigenvalue weighted by Gasteiger charge is -2.04. The van der Waals surface area contributed by atoms with E-state index >= 15 is 0 Å². The highest BCUT2D eigenvalue weighted by molar-refractivity contribution is 5.82. The fraction of sp³-hybridized carbons (Fsp3) is 0.0833. The minimum atomic E-state index is -0.696. The van der Waals surface area contributed by atoms with Gasteiger partial charge in [-0.25, -0.2) is 4.79 Å².